The predicted octanol–water partition coefficient (Wildman–Crippen LogP) is 9.04. The third kappa shape index (κ3) is 22.1. The normalized spacial score (nSPS) is 14.8. The summed E-state index contributed by atoms with van der Waals surface area (Å²) < 4.78 is 35.1. The van der Waals surface area contributed by atoms with Crippen LogP contribution in [0.1, 0.15) is 119 Å². The van der Waals surface area contributed by atoms with Gasteiger partial charge < -0.3 is 48.5 Å². The SMILES string of the molecule is CCN(C(=O)Cn1c(C(=O)CC2CCC(C(=O)NCCCCCCNC(=O)OCCOCCOCCOC(=O)CCCOCCOCCCCCCCl)CC2)cc2sccc21)c1cccc(C)c1. The summed E-state index contributed by atoms with van der Waals surface area (Å²) in [4.78, 5) is 65.9. The highest BCUT2D eigenvalue weighted by atomic mass is 35.5. The van der Waals surface area contributed by atoms with Gasteiger partial charge in [0, 0.05) is 63.2 Å². The minimum absolute atomic E-state index is 0.0437. The number of rotatable bonds is 37. The number of esters is 1. The van der Waals surface area contributed by atoms with E-state index in [4.69, 9.17) is 40.0 Å². The lowest BCUT2D eigenvalue weighted by Crippen LogP contribution is -2.35. The molecule has 0 bridgehead atoms. The summed E-state index contributed by atoms with van der Waals surface area (Å²) in [6.07, 6.45) is 11.8. The zero-order valence-electron chi connectivity index (χ0n) is 40.6. The maximum Gasteiger partial charge on any atom is 0.407 e. The number of amides is 3. The number of carbonyl (C=O) groups excluding carboxylic acids is 5. The molecular formula is C51H77ClN4O11S. The van der Waals surface area contributed by atoms with Gasteiger partial charge in [0.05, 0.1) is 55.6 Å². The minimum Gasteiger partial charge on any atom is -0.463 e. The van der Waals surface area contributed by atoms with Crippen LogP contribution in [0.15, 0.2) is 41.8 Å². The lowest BCUT2D eigenvalue weighted by Gasteiger charge is -2.27. The van der Waals surface area contributed by atoms with Gasteiger partial charge in [-0.3, -0.25) is 19.2 Å². The van der Waals surface area contributed by atoms with Gasteiger partial charge in [-0.25, -0.2) is 4.79 Å². The summed E-state index contributed by atoms with van der Waals surface area (Å²) in [5, 5.41) is 7.84. The van der Waals surface area contributed by atoms with Crippen LogP contribution in [-0.4, -0.2) is 126 Å². The number of anilines is 1. The van der Waals surface area contributed by atoms with E-state index >= 15 is 0 Å². The number of thiophene rings is 1. The van der Waals surface area contributed by atoms with Gasteiger partial charge in [-0.05, 0) is 113 Å². The second-order valence-electron chi connectivity index (χ2n) is 17.3. The zero-order valence-corrected chi connectivity index (χ0v) is 42.2. The van der Waals surface area contributed by atoms with Crippen LogP contribution in [0.3, 0.4) is 0 Å². The van der Waals surface area contributed by atoms with Crippen molar-refractivity contribution in [1.82, 2.24) is 15.2 Å². The summed E-state index contributed by atoms with van der Waals surface area (Å²) >= 11 is 7.24. The Bertz CT molecular complexity index is 1920. The lowest BCUT2D eigenvalue weighted by molar-refractivity contribution is -0.145. The molecule has 1 aliphatic carbocycles. The molecule has 2 aromatic heterocycles. The van der Waals surface area contributed by atoms with E-state index in [0.717, 1.165) is 105 Å². The lowest BCUT2D eigenvalue weighted by atomic mass is 9.79. The van der Waals surface area contributed by atoms with E-state index in [1.165, 1.54) is 0 Å². The Kier molecular flexibility index (Phi) is 28.5. The van der Waals surface area contributed by atoms with Crippen LogP contribution >= 0.6 is 22.9 Å². The van der Waals surface area contributed by atoms with Crippen molar-refractivity contribution in [2.45, 2.75) is 117 Å². The van der Waals surface area contributed by atoms with E-state index < -0.39 is 6.09 Å². The number of alkyl halides is 1. The molecule has 17 heteroatoms. The third-order valence-electron chi connectivity index (χ3n) is 11.9. The number of Topliss-reactive ketones (excluding diaryl/α,β-unsaturated/α-hetero) is 1. The molecule has 0 unspecified atom stereocenters. The summed E-state index contributed by atoms with van der Waals surface area (Å²) in [7, 11) is 0. The van der Waals surface area contributed by atoms with Crippen molar-refractivity contribution in [3.05, 3.63) is 53.0 Å². The molecule has 0 atom stereocenters. The van der Waals surface area contributed by atoms with Gasteiger partial charge in [0.25, 0.3) is 0 Å². The Morgan fingerprint density at radius 2 is 1.35 bits per heavy atom. The van der Waals surface area contributed by atoms with Gasteiger partial charge >= 0.3 is 12.1 Å². The Balaban J connectivity index is 0.926. The van der Waals surface area contributed by atoms with Crippen LogP contribution in [0.2, 0.25) is 0 Å². The number of unbranched alkanes of at least 4 members (excludes halogenated alkanes) is 6. The van der Waals surface area contributed by atoms with Crippen LogP contribution in [0.4, 0.5) is 10.5 Å². The number of hydrogen-bond donors (Lipinski definition) is 2. The first-order chi connectivity index (χ1) is 33.2. The summed E-state index contributed by atoms with van der Waals surface area (Å²) in [6.45, 7) is 9.46. The predicted molar refractivity (Wildman–Crippen MR) is 267 cm³/mol. The average Bonchev–Trinajstić information content (AvgIpc) is 3.94. The van der Waals surface area contributed by atoms with Crippen molar-refractivity contribution in [3.63, 3.8) is 0 Å². The van der Waals surface area contributed by atoms with Crippen LogP contribution < -0.4 is 15.5 Å². The maximum absolute atomic E-state index is 13.8. The highest BCUT2D eigenvalue weighted by molar-refractivity contribution is 7.17. The van der Waals surface area contributed by atoms with Gasteiger partial charge in [0.2, 0.25) is 11.8 Å². The number of alkyl carbamates (subject to hydrolysis) is 1. The molecule has 68 heavy (non-hydrogen) atoms. The number of aryl methyl sites for hydroxylation is 1. The molecule has 2 N–H and O–H groups in total. The van der Waals surface area contributed by atoms with Crippen LogP contribution in [-0.2, 0) is 49.3 Å². The molecule has 0 spiro atoms. The molecular weight excluding hydrogens is 912 g/mol. The molecule has 15 nitrogen and oxygen atoms in total. The zero-order chi connectivity index (χ0) is 48.6. The number of nitrogens with one attached hydrogen (secondary N) is 2. The van der Waals surface area contributed by atoms with Crippen molar-refractivity contribution >= 4 is 68.5 Å². The molecule has 1 aromatic carbocycles. The van der Waals surface area contributed by atoms with E-state index in [0.29, 0.717) is 77.1 Å². The first-order valence-electron chi connectivity index (χ1n) is 24.9. The molecule has 4 rings (SSSR count). The van der Waals surface area contributed by atoms with Gasteiger partial charge in [0.1, 0.15) is 19.8 Å². The molecule has 0 aliphatic heterocycles. The fraction of sp³-hybridized carbons (Fsp3) is 0.667. The Hall–Kier alpha value is -4.06. The average molecular weight is 990 g/mol. The number of ether oxygens (including phenoxy) is 6. The van der Waals surface area contributed by atoms with E-state index in [1.807, 2.05) is 60.2 Å². The number of nitrogens with zero attached hydrogens (tertiary/aromatic N) is 2. The first kappa shape index (κ1) is 56.5. The van der Waals surface area contributed by atoms with E-state index in [-0.39, 0.29) is 74.8 Å². The minimum atomic E-state index is -0.488. The standard InChI is InChI=1S/C51H77ClN4O11S/c1-3-55(43-15-12-14-40(2)36-43)48(58)39-56-44-21-35-68-47(44)38-45(56)46(57)37-41-17-19-42(20-18-41)50(60)53-23-9-5-6-10-24-54-51(61)67-34-32-65-30-29-64-31-33-66-49(59)16-13-26-63-28-27-62-25-11-7-4-8-22-52/h12,14-15,21,35-36,38,41-42H,3-11,13,16-20,22-34,37,39H2,1-2H3,(H,53,60)(H,54,61). The second kappa shape index (κ2) is 34.3. The largest absolute Gasteiger partial charge is 0.463 e. The van der Waals surface area contributed by atoms with E-state index in [9.17, 15) is 24.0 Å². The number of ketones is 1. The Labute approximate surface area is 412 Å². The summed E-state index contributed by atoms with van der Waals surface area (Å²) in [5.41, 5.74) is 3.43. The molecule has 0 saturated heterocycles. The van der Waals surface area contributed by atoms with Crippen molar-refractivity contribution in [1.29, 1.82) is 0 Å². The Morgan fingerprint density at radius 3 is 2.04 bits per heavy atom. The molecule has 380 valence electrons. The van der Waals surface area contributed by atoms with Crippen LogP contribution in [0.5, 0.6) is 0 Å². The topological polar surface area (TPSA) is 173 Å². The molecule has 0 radical (unpaired) electrons. The van der Waals surface area contributed by atoms with E-state index in [1.54, 1.807) is 16.2 Å². The van der Waals surface area contributed by atoms with Gasteiger partial charge in [0.15, 0.2) is 5.78 Å². The van der Waals surface area contributed by atoms with Crippen molar-refractivity contribution < 1.29 is 52.4 Å². The fourth-order valence-corrected chi connectivity index (χ4v) is 9.20. The monoisotopic (exact) mass is 988 g/mol. The van der Waals surface area contributed by atoms with E-state index in [2.05, 4.69) is 10.6 Å². The number of carbonyl (C=O) groups is 5. The summed E-state index contributed by atoms with van der Waals surface area (Å²) in [6, 6.07) is 11.8. The highest BCUT2D eigenvalue weighted by Gasteiger charge is 2.29. The first-order valence-corrected chi connectivity index (χ1v) is 26.3. The highest BCUT2D eigenvalue weighted by Crippen LogP contribution is 2.33. The Morgan fingerprint density at radius 1 is 0.721 bits per heavy atom. The molecule has 1 fully saturated rings. The van der Waals surface area contributed by atoms with Gasteiger partial charge in [-0.2, -0.15) is 0 Å². The van der Waals surface area contributed by atoms with Crippen molar-refractivity contribution in [2.24, 2.45) is 11.8 Å². The molecule has 3 aromatic rings. The number of halogens is 1. The van der Waals surface area contributed by atoms with Gasteiger partial charge in [-0.15, -0.1) is 22.9 Å². The molecule has 2 heterocycles. The number of benzene rings is 1. The number of fused-ring (bicyclic) bond motifs is 1. The number of hydrogen-bond acceptors (Lipinski definition) is 12. The molecule has 1 aliphatic rings. The maximum atomic E-state index is 13.8. The quantitative estimate of drug-likeness (QED) is 0.0244. The number of aromatic nitrogens is 1. The van der Waals surface area contributed by atoms with Crippen molar-refractivity contribution in [2.75, 3.05) is 96.5 Å². The van der Waals surface area contributed by atoms with Crippen LogP contribution in [0, 0.1) is 18.8 Å². The van der Waals surface area contributed by atoms with Gasteiger partial charge in [-0.1, -0.05) is 37.8 Å². The smallest absolute Gasteiger partial charge is 0.407 e. The molecule has 1 saturated carbocycles. The second-order valence-corrected chi connectivity index (χ2v) is 18.6. The summed E-state index contributed by atoms with van der Waals surface area (Å²) in [5.74, 6) is 0.664. The fourth-order valence-electron chi connectivity index (χ4n) is 8.19. The molecule has 3 amide bonds. The van der Waals surface area contributed by atoms with Crippen molar-refractivity contribution in [3.8, 4) is 0 Å². The van der Waals surface area contributed by atoms with Crippen LogP contribution in [0.25, 0.3) is 10.2 Å². The third-order valence-corrected chi connectivity index (χ3v) is 13.1. The number of likely N-dealkylation sites (N-methyl/N-ethyl adjacent to an activating group) is 1.